The lowest BCUT2D eigenvalue weighted by Gasteiger charge is -1.98. The van der Waals surface area contributed by atoms with E-state index >= 15 is 0 Å². The van der Waals surface area contributed by atoms with E-state index in [1.165, 1.54) is 25.6 Å². The monoisotopic (exact) mass is 154 g/mol. The molecule has 58 valence electrons. The average Bonchev–Trinajstić information content (AvgIpc) is 2.04. The predicted molar refractivity (Wildman–Crippen MR) is 36.3 cm³/mol. The summed E-state index contributed by atoms with van der Waals surface area (Å²) in [5.74, 6) is 0. The molecule has 5 nitrogen and oxygen atoms in total. The zero-order valence-corrected chi connectivity index (χ0v) is 5.85. The molecular weight excluding hydrogens is 148 g/mol. The highest BCUT2D eigenvalue weighted by Gasteiger charge is 2.03. The first-order valence-electron chi connectivity index (χ1n) is 2.87. The molecule has 0 unspecified atom stereocenters. The minimum atomic E-state index is -0.733. The molecule has 0 saturated heterocycles. The third kappa shape index (κ3) is 1.43. The van der Waals surface area contributed by atoms with Crippen LogP contribution in [0.15, 0.2) is 23.3 Å². The van der Waals surface area contributed by atoms with Crippen molar-refractivity contribution in [1.82, 2.24) is 9.55 Å². The average molecular weight is 154 g/mol. The number of ether oxygens (including phenoxy) is 1. The van der Waals surface area contributed by atoms with Gasteiger partial charge < -0.3 is 4.74 Å². The van der Waals surface area contributed by atoms with Crippen LogP contribution in [0.5, 0.6) is 0 Å². The van der Waals surface area contributed by atoms with Crippen molar-refractivity contribution in [3.05, 3.63) is 28.9 Å². The molecule has 0 aliphatic rings. The predicted octanol–water partition coefficient (Wildman–Crippen LogP) is -0.142. The summed E-state index contributed by atoms with van der Waals surface area (Å²) >= 11 is 0. The summed E-state index contributed by atoms with van der Waals surface area (Å²) in [6, 6.07) is 1.47. The third-order valence-corrected chi connectivity index (χ3v) is 1.08. The van der Waals surface area contributed by atoms with Crippen LogP contribution in [0.1, 0.15) is 0 Å². The van der Waals surface area contributed by atoms with E-state index in [4.69, 9.17) is 0 Å². The van der Waals surface area contributed by atoms with Gasteiger partial charge in [-0.15, -0.1) is 0 Å². The molecule has 0 aliphatic heterocycles. The molecule has 5 heteroatoms. The van der Waals surface area contributed by atoms with E-state index in [9.17, 15) is 9.59 Å². The van der Waals surface area contributed by atoms with Crippen LogP contribution < -0.4 is 5.69 Å². The van der Waals surface area contributed by atoms with Gasteiger partial charge in [-0.05, 0) is 6.07 Å². The van der Waals surface area contributed by atoms with Crippen LogP contribution in [-0.4, -0.2) is 22.8 Å². The number of carbonyl (C=O) groups excluding carboxylic acids is 1. The minimum Gasteiger partial charge on any atom is -0.452 e. The van der Waals surface area contributed by atoms with Gasteiger partial charge in [0, 0.05) is 12.4 Å². The molecule has 1 heterocycles. The maximum atomic E-state index is 10.8. The van der Waals surface area contributed by atoms with Crippen LogP contribution in [0.2, 0.25) is 0 Å². The van der Waals surface area contributed by atoms with Crippen molar-refractivity contribution < 1.29 is 9.53 Å². The van der Waals surface area contributed by atoms with Crippen molar-refractivity contribution >= 4 is 6.09 Å². The van der Waals surface area contributed by atoms with E-state index in [-0.39, 0.29) is 0 Å². The van der Waals surface area contributed by atoms with E-state index in [0.29, 0.717) is 0 Å². The first-order chi connectivity index (χ1) is 5.25. The minimum absolute atomic E-state index is 0.639. The zero-order valence-electron chi connectivity index (χ0n) is 5.85. The highest BCUT2D eigenvalue weighted by molar-refractivity contribution is 5.69. The summed E-state index contributed by atoms with van der Waals surface area (Å²) in [6.45, 7) is 0. The molecule has 0 bridgehead atoms. The Bertz CT molecular complexity index is 318. The summed E-state index contributed by atoms with van der Waals surface area (Å²) in [4.78, 5) is 24.9. The van der Waals surface area contributed by atoms with Crippen molar-refractivity contribution in [3.8, 4) is 0 Å². The Labute approximate surface area is 62.2 Å². The molecule has 0 spiro atoms. The summed E-state index contributed by atoms with van der Waals surface area (Å²) in [7, 11) is 1.20. The van der Waals surface area contributed by atoms with Crippen LogP contribution in [0.3, 0.4) is 0 Å². The standard InChI is InChI=1S/C6H6N2O3/c1-11-6(10)8-4-2-3-7-5(8)9/h2-4H,1H3. The van der Waals surface area contributed by atoms with E-state index in [1.807, 2.05) is 0 Å². The zero-order chi connectivity index (χ0) is 8.27. The molecule has 0 aromatic carbocycles. The van der Waals surface area contributed by atoms with Crippen molar-refractivity contribution in [2.75, 3.05) is 7.11 Å². The van der Waals surface area contributed by atoms with Crippen molar-refractivity contribution in [3.63, 3.8) is 0 Å². The molecule has 0 aliphatic carbocycles. The van der Waals surface area contributed by atoms with Crippen LogP contribution in [0.4, 0.5) is 4.79 Å². The largest absolute Gasteiger partial charge is 0.452 e. The highest BCUT2D eigenvalue weighted by atomic mass is 16.5. The lowest BCUT2D eigenvalue weighted by Crippen LogP contribution is -2.27. The van der Waals surface area contributed by atoms with Crippen molar-refractivity contribution in [2.24, 2.45) is 0 Å². The topological polar surface area (TPSA) is 61.2 Å². The van der Waals surface area contributed by atoms with Crippen LogP contribution >= 0.6 is 0 Å². The Morgan fingerprint density at radius 1 is 1.73 bits per heavy atom. The lowest BCUT2D eigenvalue weighted by atomic mass is 10.6. The van der Waals surface area contributed by atoms with Crippen molar-refractivity contribution in [1.29, 1.82) is 0 Å². The molecule has 11 heavy (non-hydrogen) atoms. The van der Waals surface area contributed by atoms with Crippen LogP contribution in [0, 0.1) is 0 Å². The summed E-state index contributed by atoms with van der Waals surface area (Å²) in [5, 5.41) is 0. The Hall–Kier alpha value is -1.65. The Morgan fingerprint density at radius 2 is 2.45 bits per heavy atom. The van der Waals surface area contributed by atoms with Gasteiger partial charge in [0.05, 0.1) is 7.11 Å². The van der Waals surface area contributed by atoms with Gasteiger partial charge in [0.1, 0.15) is 0 Å². The van der Waals surface area contributed by atoms with Gasteiger partial charge in [0.25, 0.3) is 0 Å². The van der Waals surface area contributed by atoms with E-state index in [0.717, 1.165) is 4.57 Å². The number of hydrogen-bond acceptors (Lipinski definition) is 4. The molecule has 0 amide bonds. The quantitative estimate of drug-likeness (QED) is 0.521. The van der Waals surface area contributed by atoms with Gasteiger partial charge >= 0.3 is 11.8 Å². The number of methoxy groups -OCH3 is 1. The van der Waals surface area contributed by atoms with Crippen LogP contribution in [-0.2, 0) is 4.74 Å². The Kier molecular flexibility index (Phi) is 2.00. The number of nitrogens with zero attached hydrogens (tertiary/aromatic N) is 2. The van der Waals surface area contributed by atoms with Gasteiger partial charge in [-0.2, -0.15) is 0 Å². The number of hydrogen-bond donors (Lipinski definition) is 0. The second-order valence-electron chi connectivity index (χ2n) is 1.74. The molecule has 1 rings (SSSR count). The molecule has 0 saturated carbocycles. The lowest BCUT2D eigenvalue weighted by molar-refractivity contribution is 0.171. The second-order valence-corrected chi connectivity index (χ2v) is 1.74. The van der Waals surface area contributed by atoms with Gasteiger partial charge in [0.2, 0.25) is 0 Å². The van der Waals surface area contributed by atoms with Gasteiger partial charge in [0.15, 0.2) is 0 Å². The molecule has 0 radical (unpaired) electrons. The molecule has 1 aromatic rings. The fourth-order valence-electron chi connectivity index (χ4n) is 0.595. The number of rotatable bonds is 0. The van der Waals surface area contributed by atoms with Gasteiger partial charge in [-0.1, -0.05) is 0 Å². The Morgan fingerprint density at radius 3 is 3.00 bits per heavy atom. The first kappa shape index (κ1) is 7.46. The smallest absolute Gasteiger partial charge is 0.421 e. The fraction of sp³-hybridized carbons (Fsp3) is 0.167. The second kappa shape index (κ2) is 2.96. The Balaban J connectivity index is 3.14. The van der Waals surface area contributed by atoms with E-state index in [2.05, 4.69) is 9.72 Å². The maximum Gasteiger partial charge on any atom is 0.421 e. The highest BCUT2D eigenvalue weighted by Crippen LogP contribution is 1.81. The van der Waals surface area contributed by atoms with Crippen molar-refractivity contribution in [2.45, 2.75) is 0 Å². The van der Waals surface area contributed by atoms with E-state index in [1.54, 1.807) is 0 Å². The van der Waals surface area contributed by atoms with Gasteiger partial charge in [-0.3, -0.25) is 0 Å². The normalized spacial score (nSPS) is 9.18. The summed E-state index contributed by atoms with van der Waals surface area (Å²) in [6.07, 6.45) is 1.87. The first-order valence-corrected chi connectivity index (χ1v) is 2.87. The molecule has 1 aromatic heterocycles. The van der Waals surface area contributed by atoms with Crippen LogP contribution in [0.25, 0.3) is 0 Å². The third-order valence-electron chi connectivity index (χ3n) is 1.08. The van der Waals surface area contributed by atoms with Gasteiger partial charge in [-0.25, -0.2) is 19.1 Å². The molecule has 0 fully saturated rings. The number of aromatic nitrogens is 2. The maximum absolute atomic E-state index is 10.8. The SMILES string of the molecule is COC(=O)n1cccnc1=O. The molecule has 0 N–H and O–H groups in total. The molecular formula is C6H6N2O3. The van der Waals surface area contributed by atoms with E-state index < -0.39 is 11.8 Å². The molecule has 0 atom stereocenters. The summed E-state index contributed by atoms with van der Waals surface area (Å²) in [5.41, 5.74) is -0.639. The summed E-state index contributed by atoms with van der Waals surface area (Å²) < 4.78 is 5.08. The number of carbonyl (C=O) groups is 1. The fourth-order valence-corrected chi connectivity index (χ4v) is 0.595.